The van der Waals surface area contributed by atoms with Gasteiger partial charge in [-0.15, -0.1) is 0 Å². The summed E-state index contributed by atoms with van der Waals surface area (Å²) in [6, 6.07) is 2.27. The van der Waals surface area contributed by atoms with Gasteiger partial charge in [0.2, 0.25) is 10.0 Å². The fraction of sp³-hybridized carbons (Fsp3) is 0.462. The van der Waals surface area contributed by atoms with Crippen LogP contribution in [0.1, 0.15) is 37.0 Å². The van der Waals surface area contributed by atoms with Gasteiger partial charge in [-0.05, 0) is 44.7 Å². The number of amides is 1. The fourth-order valence-electron chi connectivity index (χ4n) is 2.20. The van der Waals surface area contributed by atoms with Crippen LogP contribution >= 0.6 is 15.9 Å². The predicted molar refractivity (Wildman–Crippen MR) is 79.7 cm³/mol. The molecule has 0 aliphatic heterocycles. The molecule has 1 aliphatic carbocycles. The average Bonchev–Trinajstić information content (AvgIpc) is 3.13. The second-order valence-electron chi connectivity index (χ2n) is 5.76. The third-order valence-corrected chi connectivity index (χ3v) is 4.96. The van der Waals surface area contributed by atoms with E-state index < -0.39 is 32.2 Å². The first-order valence-corrected chi connectivity index (χ1v) is 8.70. The van der Waals surface area contributed by atoms with Crippen LogP contribution in [0.4, 0.5) is 4.39 Å². The van der Waals surface area contributed by atoms with E-state index in [9.17, 15) is 17.6 Å². The Bertz CT molecular complexity index is 700. The number of carbonyl (C=O) groups excluding carboxylic acids is 1. The van der Waals surface area contributed by atoms with Crippen LogP contribution in [0.15, 0.2) is 21.5 Å². The summed E-state index contributed by atoms with van der Waals surface area (Å²) >= 11 is 3.06. The van der Waals surface area contributed by atoms with E-state index in [1.165, 1.54) is 6.07 Å². The van der Waals surface area contributed by atoms with Crippen LogP contribution in [-0.2, 0) is 10.0 Å². The number of nitrogens with one attached hydrogen (secondary N) is 1. The van der Waals surface area contributed by atoms with Gasteiger partial charge in [0.25, 0.3) is 5.91 Å². The molecule has 0 aromatic heterocycles. The first-order valence-electron chi connectivity index (χ1n) is 6.37. The van der Waals surface area contributed by atoms with E-state index >= 15 is 0 Å². The number of rotatable bonds is 4. The number of hydrogen-bond donors (Lipinski definition) is 2. The average molecular weight is 379 g/mol. The van der Waals surface area contributed by atoms with Crippen molar-refractivity contribution in [1.29, 1.82) is 0 Å². The predicted octanol–water partition coefficient (Wildman–Crippen LogP) is 2.15. The Morgan fingerprint density at radius 3 is 2.48 bits per heavy atom. The number of primary sulfonamides is 1. The van der Waals surface area contributed by atoms with Crippen molar-refractivity contribution >= 4 is 31.9 Å². The Morgan fingerprint density at radius 2 is 2.00 bits per heavy atom. The quantitative estimate of drug-likeness (QED) is 0.840. The van der Waals surface area contributed by atoms with E-state index in [-0.39, 0.29) is 10.0 Å². The minimum absolute atomic E-state index is 0.266. The van der Waals surface area contributed by atoms with Crippen LogP contribution in [-0.4, -0.2) is 19.9 Å². The van der Waals surface area contributed by atoms with E-state index in [4.69, 9.17) is 5.14 Å². The third kappa shape index (κ3) is 3.61. The van der Waals surface area contributed by atoms with Crippen molar-refractivity contribution in [3.05, 3.63) is 28.0 Å². The van der Waals surface area contributed by atoms with Gasteiger partial charge in [-0.2, -0.15) is 0 Å². The molecule has 0 atom stereocenters. The van der Waals surface area contributed by atoms with Crippen LogP contribution in [0.2, 0.25) is 0 Å². The summed E-state index contributed by atoms with van der Waals surface area (Å²) in [4.78, 5) is 11.5. The van der Waals surface area contributed by atoms with Crippen molar-refractivity contribution < 1.29 is 17.6 Å². The lowest BCUT2D eigenvalue weighted by molar-refractivity contribution is 0.0898. The Morgan fingerprint density at radius 1 is 1.43 bits per heavy atom. The first kappa shape index (κ1) is 16.4. The Kier molecular flexibility index (Phi) is 4.16. The molecule has 0 radical (unpaired) electrons. The third-order valence-electron chi connectivity index (χ3n) is 3.59. The molecule has 1 aromatic carbocycles. The molecule has 0 saturated heterocycles. The highest BCUT2D eigenvalue weighted by molar-refractivity contribution is 9.10. The van der Waals surface area contributed by atoms with Crippen LogP contribution in [0, 0.1) is 11.7 Å². The van der Waals surface area contributed by atoms with E-state index in [0.29, 0.717) is 5.92 Å². The van der Waals surface area contributed by atoms with Crippen LogP contribution < -0.4 is 10.5 Å². The summed E-state index contributed by atoms with van der Waals surface area (Å²) in [7, 11) is -4.24. The molecule has 1 saturated carbocycles. The Labute approximate surface area is 131 Å². The molecular weight excluding hydrogens is 363 g/mol. The number of nitrogens with two attached hydrogens (primary N) is 1. The number of benzene rings is 1. The highest BCUT2D eigenvalue weighted by Crippen LogP contribution is 2.39. The zero-order valence-electron chi connectivity index (χ0n) is 11.6. The molecule has 5 nitrogen and oxygen atoms in total. The first-order chi connectivity index (χ1) is 9.52. The molecule has 3 N–H and O–H groups in total. The minimum atomic E-state index is -4.24. The van der Waals surface area contributed by atoms with Crippen molar-refractivity contribution in [3.63, 3.8) is 0 Å². The molecule has 8 heteroatoms. The topological polar surface area (TPSA) is 89.3 Å². The molecule has 2 rings (SSSR count). The maximum Gasteiger partial charge on any atom is 0.254 e. The standard InChI is InChI=1S/C13H16BrFN2O3S/c1-13(2,7-3-4-7)17-12(18)9-5-8(14)6-10(11(9)15)21(16,19)20/h5-7H,3-4H2,1-2H3,(H,17,18)(H2,16,19,20). The molecule has 0 bridgehead atoms. The van der Waals surface area contributed by atoms with Crippen molar-refractivity contribution in [3.8, 4) is 0 Å². The highest BCUT2D eigenvalue weighted by Gasteiger charge is 2.39. The number of sulfonamides is 1. The largest absolute Gasteiger partial charge is 0.347 e. The maximum atomic E-state index is 14.3. The zero-order valence-corrected chi connectivity index (χ0v) is 14.0. The van der Waals surface area contributed by atoms with Gasteiger partial charge < -0.3 is 5.32 Å². The van der Waals surface area contributed by atoms with Gasteiger partial charge in [-0.3, -0.25) is 4.79 Å². The molecule has 0 spiro atoms. The fourth-order valence-corrected chi connectivity index (χ4v) is 3.46. The summed E-state index contributed by atoms with van der Waals surface area (Å²) in [6.07, 6.45) is 2.02. The zero-order chi connectivity index (χ0) is 16.0. The normalized spacial score (nSPS) is 15.9. The van der Waals surface area contributed by atoms with Gasteiger partial charge in [0.1, 0.15) is 4.90 Å². The van der Waals surface area contributed by atoms with Crippen LogP contribution in [0.25, 0.3) is 0 Å². The Balaban J connectivity index is 2.39. The summed E-state index contributed by atoms with van der Waals surface area (Å²) in [5.41, 5.74) is -0.810. The van der Waals surface area contributed by atoms with E-state index in [1.54, 1.807) is 0 Å². The van der Waals surface area contributed by atoms with Crippen LogP contribution in [0.3, 0.4) is 0 Å². The minimum Gasteiger partial charge on any atom is -0.347 e. The molecule has 1 amide bonds. The smallest absolute Gasteiger partial charge is 0.254 e. The van der Waals surface area contributed by atoms with Crippen molar-refractivity contribution in [1.82, 2.24) is 5.32 Å². The SMILES string of the molecule is CC(C)(NC(=O)c1cc(Br)cc(S(N)(=O)=O)c1F)C1CC1. The molecular formula is C13H16BrFN2O3S. The Hall–Kier alpha value is -0.990. The lowest BCUT2D eigenvalue weighted by atomic mass is 9.98. The maximum absolute atomic E-state index is 14.3. The number of carbonyl (C=O) groups is 1. The summed E-state index contributed by atoms with van der Waals surface area (Å²) in [5, 5.41) is 7.71. The lowest BCUT2D eigenvalue weighted by Crippen LogP contribution is -2.45. The van der Waals surface area contributed by atoms with Crippen molar-refractivity contribution in [2.75, 3.05) is 0 Å². The van der Waals surface area contributed by atoms with Crippen molar-refractivity contribution in [2.24, 2.45) is 11.1 Å². The van der Waals surface area contributed by atoms with Crippen LogP contribution in [0.5, 0.6) is 0 Å². The van der Waals surface area contributed by atoms with Gasteiger partial charge >= 0.3 is 0 Å². The molecule has 0 unspecified atom stereocenters. The molecule has 1 fully saturated rings. The summed E-state index contributed by atoms with van der Waals surface area (Å²) in [5.74, 6) is -1.44. The van der Waals surface area contributed by atoms with Crippen molar-refractivity contribution in [2.45, 2.75) is 37.1 Å². The molecule has 21 heavy (non-hydrogen) atoms. The van der Waals surface area contributed by atoms with E-state index in [0.717, 1.165) is 18.9 Å². The van der Waals surface area contributed by atoms with E-state index in [1.807, 2.05) is 13.8 Å². The molecule has 116 valence electrons. The highest BCUT2D eigenvalue weighted by atomic mass is 79.9. The molecule has 1 aliphatic rings. The lowest BCUT2D eigenvalue weighted by Gasteiger charge is -2.26. The second kappa shape index (κ2) is 5.33. The van der Waals surface area contributed by atoms with Gasteiger partial charge in [-0.1, -0.05) is 15.9 Å². The van der Waals surface area contributed by atoms with Gasteiger partial charge in [0, 0.05) is 10.0 Å². The van der Waals surface area contributed by atoms with Gasteiger partial charge in [-0.25, -0.2) is 17.9 Å². The molecule has 1 aromatic rings. The molecule has 0 heterocycles. The number of halogens is 2. The van der Waals surface area contributed by atoms with E-state index in [2.05, 4.69) is 21.2 Å². The second-order valence-corrected chi connectivity index (χ2v) is 8.21. The van der Waals surface area contributed by atoms with Gasteiger partial charge in [0.05, 0.1) is 5.56 Å². The number of hydrogen-bond acceptors (Lipinski definition) is 3. The van der Waals surface area contributed by atoms with Gasteiger partial charge in [0.15, 0.2) is 5.82 Å². The summed E-state index contributed by atoms with van der Waals surface area (Å²) < 4.78 is 37.3. The summed E-state index contributed by atoms with van der Waals surface area (Å²) in [6.45, 7) is 3.72. The monoisotopic (exact) mass is 378 g/mol.